The number of rotatable bonds is 3. The smallest absolute Gasteiger partial charge is 0.166 e. The van der Waals surface area contributed by atoms with E-state index < -0.39 is 5.60 Å². The molecule has 2 fully saturated rings. The van der Waals surface area contributed by atoms with Gasteiger partial charge in [-0.05, 0) is 51.4 Å². The number of piperidine rings is 1. The lowest BCUT2D eigenvalue weighted by molar-refractivity contribution is -0.201. The van der Waals surface area contributed by atoms with Crippen LogP contribution in [0.4, 0.5) is 0 Å². The lowest BCUT2D eigenvalue weighted by Gasteiger charge is -2.71. The van der Waals surface area contributed by atoms with Gasteiger partial charge in [0.25, 0.3) is 0 Å². The van der Waals surface area contributed by atoms with Crippen LogP contribution in [0, 0.1) is 11.3 Å². The van der Waals surface area contributed by atoms with Crippen molar-refractivity contribution in [1.29, 1.82) is 0 Å². The Morgan fingerprint density at radius 2 is 2.14 bits per heavy atom. The average molecular weight is 396 g/mol. The molecular formula is C23H28N2O4. The fourth-order valence-electron chi connectivity index (χ4n) is 7.75. The largest absolute Gasteiger partial charge is 0.493 e. The van der Waals surface area contributed by atoms with Crippen molar-refractivity contribution in [2.75, 3.05) is 27.8 Å². The van der Waals surface area contributed by atoms with Crippen molar-refractivity contribution in [3.8, 4) is 11.5 Å². The maximum Gasteiger partial charge on any atom is 0.166 e. The monoisotopic (exact) mass is 396 g/mol. The number of nitrogens with zero attached hydrogens (tertiary/aromatic N) is 2. The number of oxime groups is 1. The molecule has 2 spiro atoms. The molecule has 1 saturated carbocycles. The molecule has 7 rings (SSSR count). The Hall–Kier alpha value is -2.05. The molecule has 0 amide bonds. The summed E-state index contributed by atoms with van der Waals surface area (Å²) in [4.78, 5) is 2.52. The third-order valence-electron chi connectivity index (χ3n) is 8.94. The van der Waals surface area contributed by atoms with Gasteiger partial charge in [-0.1, -0.05) is 23.4 Å². The Bertz CT molecular complexity index is 974. The average Bonchev–Trinajstić information content (AvgIpc) is 3.12. The third kappa shape index (κ3) is 1.65. The van der Waals surface area contributed by atoms with Crippen LogP contribution >= 0.6 is 0 Å². The SMILES string of the molecule is COc1ccc2c3c1O[C@H]1[C@@]4(OC)C=C[C@@]5(C[C@@H]4C(C)=NO)[C@@H](C2)N(C)CC[C@]315. The molecule has 2 aliphatic heterocycles. The van der Waals surface area contributed by atoms with Crippen molar-refractivity contribution in [3.63, 3.8) is 0 Å². The van der Waals surface area contributed by atoms with E-state index in [0.717, 1.165) is 37.3 Å². The zero-order chi connectivity index (χ0) is 20.2. The van der Waals surface area contributed by atoms with E-state index >= 15 is 0 Å². The molecule has 6 nitrogen and oxygen atoms in total. The first-order valence-electron chi connectivity index (χ1n) is 10.5. The highest BCUT2D eigenvalue weighted by Gasteiger charge is 2.79. The van der Waals surface area contributed by atoms with Crippen LogP contribution in [0.1, 0.15) is 30.9 Å². The highest BCUT2D eigenvalue weighted by molar-refractivity contribution is 5.87. The molecule has 2 heterocycles. The maximum absolute atomic E-state index is 9.68. The van der Waals surface area contributed by atoms with E-state index in [4.69, 9.17) is 14.2 Å². The molecule has 0 radical (unpaired) electrons. The van der Waals surface area contributed by atoms with Crippen molar-refractivity contribution in [3.05, 3.63) is 35.4 Å². The van der Waals surface area contributed by atoms with Crippen LogP contribution in [0.15, 0.2) is 29.4 Å². The van der Waals surface area contributed by atoms with Crippen molar-refractivity contribution in [1.82, 2.24) is 4.90 Å². The first-order valence-corrected chi connectivity index (χ1v) is 10.5. The highest BCUT2D eigenvalue weighted by Crippen LogP contribution is 2.74. The molecular weight excluding hydrogens is 368 g/mol. The summed E-state index contributed by atoms with van der Waals surface area (Å²) in [5.74, 6) is 1.66. The molecule has 6 aliphatic rings. The molecule has 1 aromatic rings. The van der Waals surface area contributed by atoms with Crippen LogP contribution in [0.25, 0.3) is 0 Å². The number of likely N-dealkylation sites (tertiary alicyclic amines) is 1. The fraction of sp³-hybridized carbons (Fsp3) is 0.609. The number of ether oxygens (including phenoxy) is 3. The summed E-state index contributed by atoms with van der Waals surface area (Å²) in [6.45, 7) is 2.94. The topological polar surface area (TPSA) is 63.5 Å². The van der Waals surface area contributed by atoms with E-state index in [-0.39, 0.29) is 22.9 Å². The fourth-order valence-corrected chi connectivity index (χ4v) is 7.75. The Labute approximate surface area is 171 Å². The van der Waals surface area contributed by atoms with Crippen LogP contribution in [0.5, 0.6) is 11.5 Å². The van der Waals surface area contributed by atoms with Gasteiger partial charge in [0.15, 0.2) is 11.5 Å². The lowest BCUT2D eigenvalue weighted by atomic mass is 9.37. The summed E-state index contributed by atoms with van der Waals surface area (Å²) in [5.41, 5.74) is 2.56. The molecule has 6 heteroatoms. The second-order valence-corrected chi connectivity index (χ2v) is 9.48. The van der Waals surface area contributed by atoms with Gasteiger partial charge >= 0.3 is 0 Å². The highest BCUT2D eigenvalue weighted by atomic mass is 16.6. The predicted octanol–water partition coefficient (Wildman–Crippen LogP) is 2.77. The summed E-state index contributed by atoms with van der Waals surface area (Å²) in [6.07, 6.45) is 7.39. The van der Waals surface area contributed by atoms with Crippen LogP contribution in [-0.4, -0.2) is 61.4 Å². The zero-order valence-electron chi connectivity index (χ0n) is 17.4. The standard InChI is InChI=1S/C23H28N2O4/c1-13(24-26)15-12-21-7-8-23(15,28-4)20-22(21)9-10-25(2)17(21)11-14-5-6-16(27-3)19(29-20)18(14)22/h5-8,15,17,20,26H,9-12H2,1-4H3/t15-,17-,20-,21-,22+,23-/m1/s1. The zero-order valence-corrected chi connectivity index (χ0v) is 17.4. The van der Waals surface area contributed by atoms with E-state index in [1.807, 2.05) is 13.0 Å². The summed E-state index contributed by atoms with van der Waals surface area (Å²) in [6, 6.07) is 4.66. The molecule has 4 aliphatic carbocycles. The minimum absolute atomic E-state index is 0.0310. The van der Waals surface area contributed by atoms with E-state index in [9.17, 15) is 5.21 Å². The summed E-state index contributed by atoms with van der Waals surface area (Å²) < 4.78 is 18.8. The van der Waals surface area contributed by atoms with Gasteiger partial charge in [0.1, 0.15) is 11.7 Å². The second-order valence-electron chi connectivity index (χ2n) is 9.48. The number of benzene rings is 1. The summed E-state index contributed by atoms with van der Waals surface area (Å²) >= 11 is 0. The molecule has 154 valence electrons. The normalized spacial score (nSPS) is 43.9. The summed E-state index contributed by atoms with van der Waals surface area (Å²) in [7, 11) is 5.72. The van der Waals surface area contributed by atoms with Crippen molar-refractivity contribution in [2.45, 2.75) is 49.3 Å². The van der Waals surface area contributed by atoms with Gasteiger partial charge in [-0.15, -0.1) is 0 Å². The molecule has 6 atom stereocenters. The second kappa shape index (κ2) is 5.35. The molecule has 29 heavy (non-hydrogen) atoms. The Morgan fingerprint density at radius 1 is 1.31 bits per heavy atom. The predicted molar refractivity (Wildman–Crippen MR) is 108 cm³/mol. The number of hydrogen-bond donors (Lipinski definition) is 1. The Kier molecular flexibility index (Phi) is 3.28. The van der Waals surface area contributed by atoms with E-state index in [1.165, 1.54) is 11.1 Å². The first kappa shape index (κ1) is 17.8. The van der Waals surface area contributed by atoms with Gasteiger partial charge in [-0.2, -0.15) is 0 Å². The van der Waals surface area contributed by atoms with Gasteiger partial charge in [0.05, 0.1) is 18.2 Å². The van der Waals surface area contributed by atoms with Gasteiger partial charge in [0.2, 0.25) is 0 Å². The van der Waals surface area contributed by atoms with Crippen molar-refractivity contribution < 1.29 is 19.4 Å². The Balaban J connectivity index is 1.70. The maximum atomic E-state index is 9.68. The molecule has 1 N–H and O–H groups in total. The number of hydrogen-bond acceptors (Lipinski definition) is 6. The van der Waals surface area contributed by atoms with Gasteiger partial charge < -0.3 is 24.3 Å². The van der Waals surface area contributed by atoms with Crippen molar-refractivity contribution in [2.24, 2.45) is 16.5 Å². The van der Waals surface area contributed by atoms with Crippen LogP contribution in [-0.2, 0) is 16.6 Å². The van der Waals surface area contributed by atoms with E-state index in [0.29, 0.717) is 11.8 Å². The minimum Gasteiger partial charge on any atom is -0.493 e. The number of likely N-dealkylation sites (N-methyl/N-ethyl adjacent to an activating group) is 1. The van der Waals surface area contributed by atoms with E-state index in [2.05, 4.69) is 35.3 Å². The Morgan fingerprint density at radius 3 is 2.86 bits per heavy atom. The van der Waals surface area contributed by atoms with Gasteiger partial charge in [0, 0.05) is 30.0 Å². The number of methoxy groups -OCH3 is 2. The molecule has 0 unspecified atom stereocenters. The molecule has 1 aromatic carbocycles. The summed E-state index contributed by atoms with van der Waals surface area (Å²) in [5, 5.41) is 13.3. The molecule has 4 bridgehead atoms. The molecule has 0 aromatic heterocycles. The molecule has 1 saturated heterocycles. The van der Waals surface area contributed by atoms with Gasteiger partial charge in [-0.3, -0.25) is 0 Å². The third-order valence-corrected chi connectivity index (χ3v) is 8.94. The van der Waals surface area contributed by atoms with Crippen LogP contribution in [0.3, 0.4) is 0 Å². The quantitative estimate of drug-likeness (QED) is 0.368. The number of fused-ring (bicyclic) bond motifs is 1. The van der Waals surface area contributed by atoms with Crippen LogP contribution in [0.2, 0.25) is 0 Å². The minimum atomic E-state index is -0.656. The van der Waals surface area contributed by atoms with E-state index in [1.54, 1.807) is 14.2 Å². The first-order chi connectivity index (χ1) is 14.0. The van der Waals surface area contributed by atoms with Gasteiger partial charge in [-0.25, -0.2) is 0 Å². The lowest BCUT2D eigenvalue weighted by Crippen LogP contribution is -2.79. The van der Waals surface area contributed by atoms with Crippen LogP contribution < -0.4 is 9.47 Å². The van der Waals surface area contributed by atoms with Crippen molar-refractivity contribution >= 4 is 5.71 Å².